The first-order chi connectivity index (χ1) is 19.9. The monoisotopic (exact) mass is 540 g/mol. The Morgan fingerprint density at radius 2 is 1.61 bits per heavy atom. The number of ether oxygens (including phenoxy) is 1. The molecule has 4 aromatic carbocycles. The van der Waals surface area contributed by atoms with Crippen molar-refractivity contribution in [3.8, 4) is 5.75 Å². The average molecular weight is 541 g/mol. The number of rotatable bonds is 5. The lowest BCUT2D eigenvalue weighted by Crippen LogP contribution is -2.51. The average Bonchev–Trinajstić information content (AvgIpc) is 3.49. The van der Waals surface area contributed by atoms with Crippen LogP contribution < -0.4 is 15.0 Å². The van der Waals surface area contributed by atoms with Gasteiger partial charge in [0.25, 0.3) is 0 Å². The van der Waals surface area contributed by atoms with E-state index in [-0.39, 0.29) is 17.5 Å². The number of carbonyl (C=O) groups excluding carboxylic acids is 3. The number of hydrogen-bond acceptors (Lipinski definition) is 5. The van der Waals surface area contributed by atoms with Gasteiger partial charge in [-0.05, 0) is 47.9 Å². The lowest BCUT2D eigenvalue weighted by atomic mass is 9.64. The summed E-state index contributed by atoms with van der Waals surface area (Å²) in [5.41, 5.74) is 3.73. The van der Waals surface area contributed by atoms with Crippen LogP contribution in [0.2, 0.25) is 0 Å². The minimum atomic E-state index is -1.34. The lowest BCUT2D eigenvalue weighted by Gasteiger charge is -2.37. The number of Topliss-reactive ketones (excluding diaryl/α,β-unsaturated/α-hetero) is 2. The fourth-order valence-electron chi connectivity index (χ4n) is 7.00. The number of nitrogens with one attached hydrogen (secondary N) is 1. The van der Waals surface area contributed by atoms with E-state index >= 15 is 0 Å². The Hall–Kier alpha value is -4.97. The molecule has 3 heterocycles. The number of aryl methyl sites for hydroxylation is 1. The highest BCUT2D eigenvalue weighted by atomic mass is 16.5. The van der Waals surface area contributed by atoms with Crippen molar-refractivity contribution in [1.82, 2.24) is 0 Å². The minimum Gasteiger partial charge on any atom is -0.497 e. The van der Waals surface area contributed by atoms with E-state index in [9.17, 15) is 14.4 Å². The normalized spacial score (nSPS) is 23.5. The molecule has 0 bridgehead atoms. The number of fused-ring (bicyclic) bond motifs is 6. The van der Waals surface area contributed by atoms with Crippen LogP contribution in [-0.4, -0.2) is 36.7 Å². The largest absolute Gasteiger partial charge is 0.497 e. The number of hydrogen-bond donors (Lipinski definition) is 1. The number of benzene rings is 4. The number of carbonyl (C=O) groups is 3. The fourth-order valence-corrected chi connectivity index (χ4v) is 7.00. The van der Waals surface area contributed by atoms with Gasteiger partial charge in [-0.25, -0.2) is 0 Å². The Morgan fingerprint density at radius 1 is 0.854 bits per heavy atom. The number of para-hydroxylation sites is 1. The lowest BCUT2D eigenvalue weighted by molar-refractivity contribution is -0.121. The van der Waals surface area contributed by atoms with E-state index in [0.717, 1.165) is 22.4 Å². The summed E-state index contributed by atoms with van der Waals surface area (Å²) in [5, 5.41) is 3.07. The van der Waals surface area contributed by atoms with E-state index in [0.29, 0.717) is 22.6 Å². The molecule has 1 fully saturated rings. The van der Waals surface area contributed by atoms with Gasteiger partial charge in [-0.1, -0.05) is 84.9 Å². The Kier molecular flexibility index (Phi) is 5.68. The Morgan fingerprint density at radius 3 is 2.41 bits per heavy atom. The molecule has 1 spiro atoms. The maximum absolute atomic E-state index is 14.9. The third-order valence-corrected chi connectivity index (χ3v) is 8.75. The zero-order valence-corrected chi connectivity index (χ0v) is 22.7. The van der Waals surface area contributed by atoms with Crippen LogP contribution >= 0.6 is 0 Å². The van der Waals surface area contributed by atoms with E-state index < -0.39 is 23.4 Å². The van der Waals surface area contributed by atoms with Crippen molar-refractivity contribution in [2.75, 3.05) is 17.3 Å². The van der Waals surface area contributed by atoms with Gasteiger partial charge in [0.2, 0.25) is 5.91 Å². The molecule has 0 unspecified atom stereocenters. The maximum atomic E-state index is 14.9. The zero-order valence-electron chi connectivity index (χ0n) is 22.7. The molecule has 0 radical (unpaired) electrons. The molecule has 41 heavy (non-hydrogen) atoms. The highest BCUT2D eigenvalue weighted by molar-refractivity contribution is 6.18. The quantitative estimate of drug-likeness (QED) is 0.321. The van der Waals surface area contributed by atoms with E-state index in [4.69, 9.17) is 4.74 Å². The third kappa shape index (κ3) is 3.53. The molecule has 0 saturated carbocycles. The second-order valence-corrected chi connectivity index (χ2v) is 10.9. The smallest absolute Gasteiger partial charge is 0.238 e. The van der Waals surface area contributed by atoms with Crippen molar-refractivity contribution < 1.29 is 19.1 Å². The highest BCUT2D eigenvalue weighted by Gasteiger charge is 2.70. The molecule has 3 aliphatic rings. The molecule has 6 heteroatoms. The summed E-state index contributed by atoms with van der Waals surface area (Å²) in [6, 6.07) is 28.1. The molecule has 0 aromatic heterocycles. The van der Waals surface area contributed by atoms with Crippen LogP contribution in [-0.2, 0) is 10.2 Å². The second-order valence-electron chi connectivity index (χ2n) is 10.9. The molecule has 3 aliphatic heterocycles. The number of amides is 1. The fraction of sp³-hybridized carbons (Fsp3) is 0.171. The van der Waals surface area contributed by atoms with Crippen molar-refractivity contribution in [3.05, 3.63) is 131 Å². The molecule has 0 aliphatic carbocycles. The molecule has 1 saturated heterocycles. The summed E-state index contributed by atoms with van der Waals surface area (Å²) < 4.78 is 5.44. The summed E-state index contributed by atoms with van der Waals surface area (Å²) in [5.74, 6) is -1.24. The number of anilines is 2. The minimum absolute atomic E-state index is 0.200. The third-order valence-electron chi connectivity index (χ3n) is 8.75. The standard InChI is InChI=1S/C35H28N2O4/c1-21-15-16-22-17-18-29-35(26-13-6-7-14-27(26)36-34(35)40)30(32(38)24-11-8-12-25(20-24)41-2)31(37(29)28(22)19-21)33(39)23-9-4-3-5-10-23/h3-20,29-31H,1-2H3,(H,36,40)/t29-,30+,31+,35+/m1/s1. The molecule has 4 aromatic rings. The van der Waals surface area contributed by atoms with Crippen LogP contribution in [0, 0.1) is 12.8 Å². The maximum Gasteiger partial charge on any atom is 0.238 e. The Balaban J connectivity index is 1.55. The van der Waals surface area contributed by atoms with E-state index in [2.05, 4.69) is 5.32 Å². The van der Waals surface area contributed by atoms with Gasteiger partial charge in [-0.3, -0.25) is 14.4 Å². The zero-order chi connectivity index (χ0) is 28.3. The molecular weight excluding hydrogens is 512 g/mol. The van der Waals surface area contributed by atoms with E-state index in [1.54, 1.807) is 43.5 Å². The summed E-state index contributed by atoms with van der Waals surface area (Å²) in [7, 11) is 1.55. The first kappa shape index (κ1) is 25.0. The van der Waals surface area contributed by atoms with Crippen LogP contribution in [0.15, 0.2) is 103 Å². The van der Waals surface area contributed by atoms with Gasteiger partial charge in [0.05, 0.1) is 19.1 Å². The van der Waals surface area contributed by atoms with Crippen LogP contribution in [0.4, 0.5) is 11.4 Å². The van der Waals surface area contributed by atoms with Crippen LogP contribution in [0.3, 0.4) is 0 Å². The summed E-state index contributed by atoms with van der Waals surface area (Å²) in [4.78, 5) is 45.9. The van der Waals surface area contributed by atoms with Crippen molar-refractivity contribution in [2.45, 2.75) is 24.4 Å². The van der Waals surface area contributed by atoms with Gasteiger partial charge in [-0.2, -0.15) is 0 Å². The highest BCUT2D eigenvalue weighted by Crippen LogP contribution is 2.58. The predicted octanol–water partition coefficient (Wildman–Crippen LogP) is 5.86. The van der Waals surface area contributed by atoms with Gasteiger partial charge in [0.15, 0.2) is 11.6 Å². The summed E-state index contributed by atoms with van der Waals surface area (Å²) >= 11 is 0. The molecule has 6 nitrogen and oxygen atoms in total. The topological polar surface area (TPSA) is 75.7 Å². The van der Waals surface area contributed by atoms with Crippen molar-refractivity contribution in [2.24, 2.45) is 5.92 Å². The molecule has 4 atom stereocenters. The number of ketones is 2. The molecular formula is C35H28N2O4. The van der Waals surface area contributed by atoms with Crippen LogP contribution in [0.5, 0.6) is 5.75 Å². The number of nitrogens with zero attached hydrogens (tertiary/aromatic N) is 1. The second kappa shape index (κ2) is 9.30. The van der Waals surface area contributed by atoms with Gasteiger partial charge in [-0.15, -0.1) is 0 Å². The van der Waals surface area contributed by atoms with Crippen LogP contribution in [0.25, 0.3) is 6.08 Å². The Labute approximate surface area is 238 Å². The number of methoxy groups -OCH3 is 1. The van der Waals surface area contributed by atoms with Gasteiger partial charge in [0, 0.05) is 22.5 Å². The molecule has 7 rings (SSSR count). The molecule has 202 valence electrons. The SMILES string of the molecule is COc1cccc(C(=O)[C@@H]2[C@@H](C(=O)c3ccccc3)N3c4cc(C)ccc4C=C[C@@H]3[C@]23C(=O)Nc2ccccc23)c1. The summed E-state index contributed by atoms with van der Waals surface area (Å²) in [6.45, 7) is 2.00. The van der Waals surface area contributed by atoms with Crippen molar-refractivity contribution in [3.63, 3.8) is 0 Å². The van der Waals surface area contributed by atoms with Gasteiger partial charge < -0.3 is 15.0 Å². The van der Waals surface area contributed by atoms with Crippen molar-refractivity contribution >= 4 is 34.9 Å². The van der Waals surface area contributed by atoms with Crippen molar-refractivity contribution in [1.29, 1.82) is 0 Å². The Bertz CT molecular complexity index is 1760. The van der Waals surface area contributed by atoms with Gasteiger partial charge in [0.1, 0.15) is 17.2 Å². The summed E-state index contributed by atoms with van der Waals surface area (Å²) in [6.07, 6.45) is 4.00. The van der Waals surface area contributed by atoms with E-state index in [1.165, 1.54) is 0 Å². The molecule has 1 amide bonds. The first-order valence-electron chi connectivity index (χ1n) is 13.7. The van der Waals surface area contributed by atoms with E-state index in [1.807, 2.05) is 84.6 Å². The van der Waals surface area contributed by atoms with Crippen LogP contribution in [0.1, 0.15) is 37.4 Å². The predicted molar refractivity (Wildman–Crippen MR) is 159 cm³/mol. The molecule has 1 N–H and O–H groups in total. The first-order valence-corrected chi connectivity index (χ1v) is 13.7. The van der Waals surface area contributed by atoms with Gasteiger partial charge >= 0.3 is 0 Å².